The number of halogens is 5. The smallest absolute Gasteiger partial charge is 0.194 e. The van der Waals surface area contributed by atoms with Crippen LogP contribution in [0.4, 0.5) is 22.0 Å². The molecule has 0 amide bonds. The van der Waals surface area contributed by atoms with Crippen LogP contribution in [0.2, 0.25) is 0 Å². The molecule has 0 heterocycles. The van der Waals surface area contributed by atoms with E-state index in [2.05, 4.69) is 18.2 Å². The second-order valence-electron chi connectivity index (χ2n) is 7.95. The summed E-state index contributed by atoms with van der Waals surface area (Å²) < 4.78 is 69.8. The average molecular weight is 464 g/mol. The molecule has 0 fully saturated rings. The van der Waals surface area contributed by atoms with Crippen LogP contribution in [0.1, 0.15) is 18.9 Å². The molecule has 4 rings (SSSR count). The number of benzene rings is 4. The first-order chi connectivity index (χ1) is 16.4. The van der Waals surface area contributed by atoms with Crippen LogP contribution in [0, 0.1) is 29.1 Å². The molecule has 0 radical (unpaired) electrons. The Morgan fingerprint density at radius 2 is 1.00 bits per heavy atom. The average Bonchev–Trinajstić information content (AvgIpc) is 2.83. The Balaban J connectivity index is 1.59. The van der Waals surface area contributed by atoms with Crippen LogP contribution in [-0.2, 0) is 6.42 Å². The summed E-state index contributed by atoms with van der Waals surface area (Å²) in [5.74, 6) is -6.72. The second-order valence-corrected chi connectivity index (χ2v) is 7.95. The van der Waals surface area contributed by atoms with E-state index in [0.29, 0.717) is 17.7 Å². The zero-order chi connectivity index (χ0) is 24.2. The van der Waals surface area contributed by atoms with Gasteiger partial charge in [-0.25, -0.2) is 22.0 Å². The first kappa shape index (κ1) is 23.4. The molecular weight excluding hydrogens is 443 g/mol. The predicted octanol–water partition coefficient (Wildman–Crippen LogP) is 8.89. The highest BCUT2D eigenvalue weighted by molar-refractivity contribution is 5.74. The van der Waals surface area contributed by atoms with Crippen LogP contribution in [0.3, 0.4) is 0 Å². The summed E-state index contributed by atoms with van der Waals surface area (Å²) in [5.41, 5.74) is 3.04. The molecule has 172 valence electrons. The van der Waals surface area contributed by atoms with Crippen molar-refractivity contribution in [1.82, 2.24) is 0 Å². The fourth-order valence-corrected chi connectivity index (χ4v) is 3.85. The summed E-state index contributed by atoms with van der Waals surface area (Å²) in [7, 11) is 0. The third kappa shape index (κ3) is 4.93. The van der Waals surface area contributed by atoms with Gasteiger partial charge in [0.05, 0.1) is 5.56 Å². The highest BCUT2D eigenvalue weighted by Crippen LogP contribution is 2.33. The van der Waals surface area contributed by atoms with Crippen molar-refractivity contribution in [1.29, 1.82) is 0 Å². The van der Waals surface area contributed by atoms with Gasteiger partial charge in [-0.1, -0.05) is 60.7 Å². The molecule has 0 aromatic heterocycles. The van der Waals surface area contributed by atoms with Crippen molar-refractivity contribution in [2.24, 2.45) is 0 Å². The topological polar surface area (TPSA) is 0 Å². The summed E-state index contributed by atoms with van der Waals surface area (Å²) in [6.07, 6.45) is 6.11. The highest BCUT2D eigenvalue weighted by Gasteiger charge is 2.18. The number of hydrogen-bond acceptors (Lipinski definition) is 0. The van der Waals surface area contributed by atoms with Crippen molar-refractivity contribution in [3.8, 4) is 33.4 Å². The SMILES string of the molecule is C/C=C/CCc1ccc(-c2ccc(-c3cc(F)c(-c4cc(F)c(F)c(F)c4)c(F)c3)cc2)cc1. The van der Waals surface area contributed by atoms with E-state index in [4.69, 9.17) is 0 Å². The van der Waals surface area contributed by atoms with Crippen LogP contribution in [0.25, 0.3) is 33.4 Å². The van der Waals surface area contributed by atoms with Crippen molar-refractivity contribution in [2.45, 2.75) is 19.8 Å². The minimum Gasteiger partial charge on any atom is -0.206 e. The maximum atomic E-state index is 14.8. The minimum atomic E-state index is -1.69. The van der Waals surface area contributed by atoms with E-state index in [-0.39, 0.29) is 5.56 Å². The maximum Gasteiger partial charge on any atom is 0.194 e. The maximum absolute atomic E-state index is 14.8. The molecule has 4 aromatic rings. The van der Waals surface area contributed by atoms with Gasteiger partial charge in [0.2, 0.25) is 0 Å². The monoisotopic (exact) mass is 464 g/mol. The Kier molecular flexibility index (Phi) is 6.92. The van der Waals surface area contributed by atoms with Gasteiger partial charge in [-0.05, 0) is 77.4 Å². The molecule has 0 unspecified atom stereocenters. The Bertz CT molecular complexity index is 1290. The Labute approximate surface area is 195 Å². The lowest BCUT2D eigenvalue weighted by molar-refractivity contribution is 0.447. The van der Waals surface area contributed by atoms with E-state index in [1.165, 1.54) is 5.56 Å². The van der Waals surface area contributed by atoms with Crippen LogP contribution in [-0.4, -0.2) is 0 Å². The largest absolute Gasteiger partial charge is 0.206 e. The van der Waals surface area contributed by atoms with Gasteiger partial charge in [0.25, 0.3) is 0 Å². The molecule has 0 saturated heterocycles. The zero-order valence-electron chi connectivity index (χ0n) is 18.4. The molecule has 0 saturated carbocycles. The summed E-state index contributed by atoms with van der Waals surface area (Å²) in [6, 6.07) is 18.8. The molecule has 0 aliphatic carbocycles. The molecule has 0 aliphatic rings. The van der Waals surface area contributed by atoms with E-state index in [0.717, 1.165) is 36.1 Å². The lowest BCUT2D eigenvalue weighted by Crippen LogP contribution is -1.97. The Morgan fingerprint density at radius 3 is 1.50 bits per heavy atom. The minimum absolute atomic E-state index is 0.271. The molecule has 0 nitrogen and oxygen atoms in total. The van der Waals surface area contributed by atoms with Crippen molar-refractivity contribution < 1.29 is 22.0 Å². The molecule has 0 spiro atoms. The van der Waals surface area contributed by atoms with Gasteiger partial charge in [-0.15, -0.1) is 0 Å². The summed E-state index contributed by atoms with van der Waals surface area (Å²) in [5, 5.41) is 0. The van der Waals surface area contributed by atoms with Crippen LogP contribution < -0.4 is 0 Å². The molecule has 34 heavy (non-hydrogen) atoms. The van der Waals surface area contributed by atoms with E-state index < -0.39 is 40.2 Å². The van der Waals surface area contributed by atoms with Gasteiger partial charge in [-0.3, -0.25) is 0 Å². The van der Waals surface area contributed by atoms with Crippen molar-refractivity contribution in [2.75, 3.05) is 0 Å². The quantitative estimate of drug-likeness (QED) is 0.152. The first-order valence-electron chi connectivity index (χ1n) is 10.8. The molecule has 0 atom stereocenters. The normalized spacial score (nSPS) is 11.4. The highest BCUT2D eigenvalue weighted by atomic mass is 19.2. The van der Waals surface area contributed by atoms with E-state index in [1.54, 1.807) is 12.1 Å². The molecule has 0 N–H and O–H groups in total. The molecule has 5 heteroatoms. The van der Waals surface area contributed by atoms with Crippen molar-refractivity contribution in [3.63, 3.8) is 0 Å². The van der Waals surface area contributed by atoms with Crippen LogP contribution in [0.5, 0.6) is 0 Å². The predicted molar refractivity (Wildman–Crippen MR) is 126 cm³/mol. The molecule has 0 bridgehead atoms. The fourth-order valence-electron chi connectivity index (χ4n) is 3.85. The summed E-state index contributed by atoms with van der Waals surface area (Å²) in [6.45, 7) is 2.00. The number of rotatable bonds is 6. The van der Waals surface area contributed by atoms with Crippen molar-refractivity contribution in [3.05, 3.63) is 120 Å². The van der Waals surface area contributed by atoms with Gasteiger partial charge >= 0.3 is 0 Å². The van der Waals surface area contributed by atoms with Crippen LogP contribution in [0.15, 0.2) is 84.9 Å². The Morgan fingerprint density at radius 1 is 0.559 bits per heavy atom. The van der Waals surface area contributed by atoms with Gasteiger partial charge < -0.3 is 0 Å². The number of allylic oxidation sites excluding steroid dienone is 2. The van der Waals surface area contributed by atoms with Gasteiger partial charge in [-0.2, -0.15) is 0 Å². The zero-order valence-corrected chi connectivity index (χ0v) is 18.4. The van der Waals surface area contributed by atoms with E-state index in [9.17, 15) is 22.0 Å². The van der Waals surface area contributed by atoms with Gasteiger partial charge in [0.1, 0.15) is 11.6 Å². The molecule has 4 aromatic carbocycles. The third-order valence-electron chi connectivity index (χ3n) is 5.66. The van der Waals surface area contributed by atoms with E-state index >= 15 is 0 Å². The lowest BCUT2D eigenvalue weighted by atomic mass is 9.96. The summed E-state index contributed by atoms with van der Waals surface area (Å²) in [4.78, 5) is 0. The molecule has 0 aliphatic heterocycles. The third-order valence-corrected chi connectivity index (χ3v) is 5.66. The second kappa shape index (κ2) is 10.0. The number of aryl methyl sites for hydroxylation is 1. The van der Waals surface area contributed by atoms with E-state index in [1.807, 2.05) is 37.3 Å². The first-order valence-corrected chi connectivity index (χ1v) is 10.8. The lowest BCUT2D eigenvalue weighted by Gasteiger charge is -2.11. The van der Waals surface area contributed by atoms with Gasteiger partial charge in [0, 0.05) is 0 Å². The molecular formula is C29H21F5. The van der Waals surface area contributed by atoms with Crippen molar-refractivity contribution >= 4 is 0 Å². The fraction of sp³-hybridized carbons (Fsp3) is 0.103. The Hall–Kier alpha value is -3.73. The standard InChI is InChI=1S/C29H21F5/c1-2-3-4-5-18-6-8-19(9-7-18)20-10-12-21(13-11-20)22-14-24(30)28(25(31)15-22)23-16-26(32)29(34)27(33)17-23/h2-3,6-17H,4-5H2,1H3/b3-2+. The van der Waals surface area contributed by atoms with Gasteiger partial charge in [0.15, 0.2) is 17.5 Å². The van der Waals surface area contributed by atoms with Crippen LogP contribution >= 0.6 is 0 Å². The summed E-state index contributed by atoms with van der Waals surface area (Å²) >= 11 is 0. The number of hydrogen-bond donors (Lipinski definition) is 0.